The molecule has 0 amide bonds. The summed E-state index contributed by atoms with van der Waals surface area (Å²) >= 11 is 1.75. The van der Waals surface area contributed by atoms with Gasteiger partial charge in [0.15, 0.2) is 0 Å². The molecule has 2 N–H and O–H groups in total. The quantitative estimate of drug-likeness (QED) is 0.817. The van der Waals surface area contributed by atoms with E-state index in [1.165, 1.54) is 4.88 Å². The average molecular weight is 305 g/mol. The highest BCUT2D eigenvalue weighted by Gasteiger charge is 2.12. The van der Waals surface area contributed by atoms with Gasteiger partial charge in [-0.2, -0.15) is 0 Å². The molecule has 2 heterocycles. The summed E-state index contributed by atoms with van der Waals surface area (Å²) in [5.74, 6) is 2.56. The standard InChI is InChI=1S/C15H23N5S/c1-5-7-12-19-13(16-4)8-14(20-12)18-10(3)15-17-9-11(6-2)21-15/h8-10H,5-7H2,1-4H3,(H2,16,18,19,20). The van der Waals surface area contributed by atoms with Crippen LogP contribution in [0.25, 0.3) is 0 Å². The molecule has 1 atom stereocenters. The highest BCUT2D eigenvalue weighted by molar-refractivity contribution is 7.11. The van der Waals surface area contributed by atoms with E-state index in [1.807, 2.05) is 19.3 Å². The van der Waals surface area contributed by atoms with Crippen LogP contribution in [0.15, 0.2) is 12.3 Å². The Morgan fingerprint density at radius 3 is 2.62 bits per heavy atom. The van der Waals surface area contributed by atoms with Gasteiger partial charge in [0.25, 0.3) is 0 Å². The molecule has 0 aliphatic carbocycles. The molecule has 0 aliphatic rings. The van der Waals surface area contributed by atoms with E-state index in [0.717, 1.165) is 41.7 Å². The lowest BCUT2D eigenvalue weighted by Crippen LogP contribution is -2.10. The zero-order valence-corrected chi connectivity index (χ0v) is 13.9. The van der Waals surface area contributed by atoms with Crippen molar-refractivity contribution in [1.29, 1.82) is 0 Å². The number of nitrogens with one attached hydrogen (secondary N) is 2. The molecular formula is C15H23N5S. The van der Waals surface area contributed by atoms with Gasteiger partial charge in [-0.05, 0) is 19.8 Å². The number of anilines is 2. The van der Waals surface area contributed by atoms with Crippen molar-refractivity contribution in [3.05, 3.63) is 28.0 Å². The van der Waals surface area contributed by atoms with Crippen molar-refractivity contribution < 1.29 is 0 Å². The Balaban J connectivity index is 2.15. The van der Waals surface area contributed by atoms with Gasteiger partial charge in [-0.15, -0.1) is 11.3 Å². The van der Waals surface area contributed by atoms with E-state index in [2.05, 4.69) is 46.4 Å². The molecule has 5 nitrogen and oxygen atoms in total. The molecule has 0 aromatic carbocycles. The molecule has 2 rings (SSSR count). The number of thiazole rings is 1. The van der Waals surface area contributed by atoms with E-state index in [-0.39, 0.29) is 6.04 Å². The van der Waals surface area contributed by atoms with Gasteiger partial charge in [-0.25, -0.2) is 15.0 Å². The van der Waals surface area contributed by atoms with Crippen LogP contribution in [0.2, 0.25) is 0 Å². The largest absolute Gasteiger partial charge is 0.373 e. The molecule has 0 bridgehead atoms. The van der Waals surface area contributed by atoms with Crippen LogP contribution in [0, 0.1) is 0 Å². The first-order valence-electron chi connectivity index (χ1n) is 7.43. The summed E-state index contributed by atoms with van der Waals surface area (Å²) in [5.41, 5.74) is 0. The molecule has 114 valence electrons. The second-order valence-corrected chi connectivity index (χ2v) is 6.09. The first kappa shape index (κ1) is 15.7. The third-order valence-electron chi connectivity index (χ3n) is 3.16. The fourth-order valence-corrected chi connectivity index (χ4v) is 2.86. The Labute approximate surface area is 130 Å². The van der Waals surface area contributed by atoms with Gasteiger partial charge in [-0.3, -0.25) is 0 Å². The van der Waals surface area contributed by atoms with Gasteiger partial charge >= 0.3 is 0 Å². The maximum Gasteiger partial charge on any atom is 0.133 e. The third-order valence-corrected chi connectivity index (χ3v) is 4.48. The lowest BCUT2D eigenvalue weighted by molar-refractivity contribution is 0.817. The van der Waals surface area contributed by atoms with Crippen LogP contribution in [-0.2, 0) is 12.8 Å². The van der Waals surface area contributed by atoms with Crippen molar-refractivity contribution >= 4 is 23.0 Å². The Morgan fingerprint density at radius 1 is 1.24 bits per heavy atom. The molecule has 0 saturated heterocycles. The minimum absolute atomic E-state index is 0.143. The smallest absolute Gasteiger partial charge is 0.133 e. The maximum absolute atomic E-state index is 4.58. The first-order valence-corrected chi connectivity index (χ1v) is 8.24. The van der Waals surface area contributed by atoms with Gasteiger partial charge in [0.2, 0.25) is 0 Å². The summed E-state index contributed by atoms with van der Waals surface area (Å²) in [7, 11) is 1.87. The SMILES string of the molecule is CCCc1nc(NC)cc(NC(C)c2ncc(CC)s2)n1. The number of rotatable bonds is 7. The Bertz CT molecular complexity index is 581. The minimum Gasteiger partial charge on any atom is -0.373 e. The first-order chi connectivity index (χ1) is 10.2. The van der Waals surface area contributed by atoms with Gasteiger partial charge in [0, 0.05) is 30.6 Å². The van der Waals surface area contributed by atoms with Crippen molar-refractivity contribution in [3.63, 3.8) is 0 Å². The van der Waals surface area contributed by atoms with E-state index >= 15 is 0 Å². The van der Waals surface area contributed by atoms with Gasteiger partial charge in [0.1, 0.15) is 22.5 Å². The van der Waals surface area contributed by atoms with E-state index in [0.29, 0.717) is 0 Å². The number of nitrogens with zero attached hydrogens (tertiary/aromatic N) is 3. The van der Waals surface area contributed by atoms with Crippen molar-refractivity contribution in [2.45, 2.75) is 46.1 Å². The van der Waals surface area contributed by atoms with Crippen molar-refractivity contribution in [2.75, 3.05) is 17.7 Å². The molecule has 0 spiro atoms. The number of aryl methyl sites for hydroxylation is 2. The van der Waals surface area contributed by atoms with Crippen LogP contribution in [0.4, 0.5) is 11.6 Å². The summed E-state index contributed by atoms with van der Waals surface area (Å²) in [6.07, 6.45) is 4.91. The average Bonchev–Trinajstić information content (AvgIpc) is 2.96. The number of aromatic nitrogens is 3. The lowest BCUT2D eigenvalue weighted by Gasteiger charge is -2.14. The second-order valence-electron chi connectivity index (χ2n) is 4.94. The van der Waals surface area contributed by atoms with Crippen molar-refractivity contribution in [3.8, 4) is 0 Å². The molecule has 2 aromatic rings. The highest BCUT2D eigenvalue weighted by Crippen LogP contribution is 2.24. The summed E-state index contributed by atoms with van der Waals surface area (Å²) in [6.45, 7) is 6.39. The lowest BCUT2D eigenvalue weighted by atomic mass is 10.3. The summed E-state index contributed by atoms with van der Waals surface area (Å²) in [6, 6.07) is 2.08. The number of hydrogen-bond donors (Lipinski definition) is 2. The normalized spacial score (nSPS) is 12.2. The fourth-order valence-electron chi connectivity index (χ4n) is 2.00. The van der Waals surface area contributed by atoms with Crippen LogP contribution in [-0.4, -0.2) is 22.0 Å². The Morgan fingerprint density at radius 2 is 2.00 bits per heavy atom. The van der Waals surface area contributed by atoms with E-state index in [1.54, 1.807) is 11.3 Å². The molecule has 0 saturated carbocycles. The predicted molar refractivity (Wildman–Crippen MR) is 89.1 cm³/mol. The third kappa shape index (κ3) is 4.14. The topological polar surface area (TPSA) is 62.7 Å². The van der Waals surface area contributed by atoms with Gasteiger partial charge < -0.3 is 10.6 Å². The number of hydrogen-bond acceptors (Lipinski definition) is 6. The molecule has 0 radical (unpaired) electrons. The summed E-state index contributed by atoms with van der Waals surface area (Å²) < 4.78 is 0. The molecule has 6 heteroatoms. The highest BCUT2D eigenvalue weighted by atomic mass is 32.1. The monoisotopic (exact) mass is 305 g/mol. The van der Waals surface area contributed by atoms with Crippen molar-refractivity contribution in [2.24, 2.45) is 0 Å². The Kier molecular flexibility index (Phi) is 5.50. The molecular weight excluding hydrogens is 282 g/mol. The van der Waals surface area contributed by atoms with Gasteiger partial charge in [-0.1, -0.05) is 13.8 Å². The van der Waals surface area contributed by atoms with Crippen LogP contribution >= 0.6 is 11.3 Å². The zero-order valence-electron chi connectivity index (χ0n) is 13.1. The van der Waals surface area contributed by atoms with E-state index in [9.17, 15) is 0 Å². The molecule has 1 unspecified atom stereocenters. The van der Waals surface area contributed by atoms with Crippen LogP contribution in [0.5, 0.6) is 0 Å². The minimum atomic E-state index is 0.143. The van der Waals surface area contributed by atoms with Crippen LogP contribution < -0.4 is 10.6 Å². The maximum atomic E-state index is 4.58. The van der Waals surface area contributed by atoms with Crippen LogP contribution in [0.1, 0.15) is 48.9 Å². The molecule has 21 heavy (non-hydrogen) atoms. The van der Waals surface area contributed by atoms with E-state index < -0.39 is 0 Å². The molecule has 0 aliphatic heterocycles. The van der Waals surface area contributed by atoms with Gasteiger partial charge in [0.05, 0.1) is 6.04 Å². The fraction of sp³-hybridized carbons (Fsp3) is 0.533. The molecule has 2 aromatic heterocycles. The predicted octanol–water partition coefficient (Wildman–Crippen LogP) is 3.66. The zero-order chi connectivity index (χ0) is 15.2. The Hall–Kier alpha value is -1.69. The summed E-state index contributed by atoms with van der Waals surface area (Å²) in [4.78, 5) is 14.8. The summed E-state index contributed by atoms with van der Waals surface area (Å²) in [5, 5.41) is 7.61. The molecule has 0 fully saturated rings. The van der Waals surface area contributed by atoms with E-state index in [4.69, 9.17) is 0 Å². The van der Waals surface area contributed by atoms with Crippen molar-refractivity contribution in [1.82, 2.24) is 15.0 Å². The second kappa shape index (κ2) is 7.36. The van der Waals surface area contributed by atoms with Crippen LogP contribution in [0.3, 0.4) is 0 Å².